The summed E-state index contributed by atoms with van der Waals surface area (Å²) in [6, 6.07) is 3.17. The molecule has 0 spiro atoms. The third kappa shape index (κ3) is 2.89. The Morgan fingerprint density at radius 1 is 1.73 bits per heavy atom. The van der Waals surface area contributed by atoms with Gasteiger partial charge in [0.05, 0.1) is 18.4 Å². The lowest BCUT2D eigenvalue weighted by Crippen LogP contribution is -2.15. The molecule has 15 heavy (non-hydrogen) atoms. The first-order valence-electron chi connectivity index (χ1n) is 4.22. The van der Waals surface area contributed by atoms with Crippen LogP contribution in [0.2, 0.25) is 5.15 Å². The lowest BCUT2D eigenvalue weighted by molar-refractivity contribution is -0.143. The molecule has 0 aromatic carbocycles. The molecule has 0 saturated carbocycles. The molecule has 1 rings (SSSR count). The molecule has 1 aromatic heterocycles. The zero-order chi connectivity index (χ0) is 11.3. The Kier molecular flexibility index (Phi) is 4.01. The second kappa shape index (κ2) is 5.27. The zero-order valence-electron chi connectivity index (χ0n) is 7.98. The lowest BCUT2D eigenvalue weighted by Gasteiger charge is -2.06. The molecule has 78 valence electrons. The zero-order valence-corrected chi connectivity index (χ0v) is 8.73. The van der Waals surface area contributed by atoms with Crippen LogP contribution in [-0.4, -0.2) is 22.5 Å². The van der Waals surface area contributed by atoms with E-state index in [-0.39, 0.29) is 17.5 Å². The second-order valence-electron chi connectivity index (χ2n) is 2.58. The fourth-order valence-electron chi connectivity index (χ4n) is 0.970. The molecule has 1 heterocycles. The number of aromatic nitrogens is 2. The molecule has 0 unspecified atom stereocenters. The molecule has 0 saturated heterocycles. The van der Waals surface area contributed by atoms with E-state index in [1.165, 1.54) is 12.4 Å². The summed E-state index contributed by atoms with van der Waals surface area (Å²) in [4.78, 5) is 18.8. The van der Waals surface area contributed by atoms with Gasteiger partial charge in [-0.2, -0.15) is 5.26 Å². The average molecular weight is 226 g/mol. The third-order valence-corrected chi connectivity index (χ3v) is 1.81. The number of carbonyl (C=O) groups is 1. The van der Waals surface area contributed by atoms with Crippen molar-refractivity contribution in [3.8, 4) is 6.07 Å². The van der Waals surface area contributed by atoms with Gasteiger partial charge in [-0.3, -0.25) is 4.79 Å². The van der Waals surface area contributed by atoms with Gasteiger partial charge in [0.1, 0.15) is 11.5 Å². The Hall–Kier alpha value is -1.67. The highest BCUT2D eigenvalue weighted by Crippen LogP contribution is 2.16. The molecule has 0 fully saturated rings. The predicted molar refractivity (Wildman–Crippen MR) is 52.0 cm³/mol. The number of rotatable bonds is 3. The van der Waals surface area contributed by atoms with Gasteiger partial charge in [0.15, 0.2) is 5.92 Å². The van der Waals surface area contributed by atoms with Gasteiger partial charge in [-0.05, 0) is 13.0 Å². The molecule has 0 radical (unpaired) electrons. The van der Waals surface area contributed by atoms with E-state index < -0.39 is 11.9 Å². The van der Waals surface area contributed by atoms with Gasteiger partial charge in [-0.25, -0.2) is 9.97 Å². The van der Waals surface area contributed by atoms with Crippen LogP contribution >= 0.6 is 11.6 Å². The van der Waals surface area contributed by atoms with E-state index in [1.54, 1.807) is 13.0 Å². The van der Waals surface area contributed by atoms with E-state index in [1.807, 2.05) is 0 Å². The summed E-state index contributed by atoms with van der Waals surface area (Å²) in [6.45, 7) is 1.88. The van der Waals surface area contributed by atoms with Crippen LogP contribution in [0.1, 0.15) is 18.5 Å². The maximum absolute atomic E-state index is 11.3. The number of hydrogen-bond acceptors (Lipinski definition) is 5. The second-order valence-corrected chi connectivity index (χ2v) is 2.97. The molecular formula is C9H8ClN3O2. The maximum Gasteiger partial charge on any atom is 0.329 e. The molecular weight excluding hydrogens is 218 g/mol. The summed E-state index contributed by atoms with van der Waals surface area (Å²) in [5.74, 6) is -1.68. The minimum absolute atomic E-state index is 0.185. The fourth-order valence-corrected chi connectivity index (χ4v) is 1.13. The minimum atomic E-state index is -1.05. The first kappa shape index (κ1) is 11.4. The fraction of sp³-hybridized carbons (Fsp3) is 0.333. The SMILES string of the molecule is CCOC(=O)[C@@H](C#N)c1cc(Cl)ncn1. The quantitative estimate of drug-likeness (QED) is 0.573. The molecule has 1 atom stereocenters. The van der Waals surface area contributed by atoms with Gasteiger partial charge in [0.2, 0.25) is 0 Å². The van der Waals surface area contributed by atoms with Crippen LogP contribution in [0, 0.1) is 11.3 Å². The van der Waals surface area contributed by atoms with Crippen molar-refractivity contribution < 1.29 is 9.53 Å². The van der Waals surface area contributed by atoms with Gasteiger partial charge in [-0.1, -0.05) is 11.6 Å². The number of esters is 1. The Morgan fingerprint density at radius 2 is 2.47 bits per heavy atom. The molecule has 0 amide bonds. The van der Waals surface area contributed by atoms with Crippen LogP contribution in [0.15, 0.2) is 12.4 Å². The molecule has 5 nitrogen and oxygen atoms in total. The van der Waals surface area contributed by atoms with Crippen LogP contribution in [0.4, 0.5) is 0 Å². The Labute approximate surface area is 91.7 Å². The van der Waals surface area contributed by atoms with Crippen LogP contribution in [0.3, 0.4) is 0 Å². The van der Waals surface area contributed by atoms with Gasteiger partial charge >= 0.3 is 5.97 Å². The standard InChI is InChI=1S/C9H8ClN3O2/c1-2-15-9(14)6(4-11)7-3-8(10)13-5-12-7/h3,5-6H,2H2,1H3/t6-/m0/s1. The van der Waals surface area contributed by atoms with Crippen LogP contribution in [0.25, 0.3) is 0 Å². The van der Waals surface area contributed by atoms with Gasteiger partial charge in [0, 0.05) is 0 Å². The topological polar surface area (TPSA) is 75.9 Å². The smallest absolute Gasteiger partial charge is 0.329 e. The molecule has 1 aromatic rings. The number of hydrogen-bond donors (Lipinski definition) is 0. The number of carbonyl (C=O) groups excluding carboxylic acids is 1. The van der Waals surface area contributed by atoms with Crippen molar-refractivity contribution in [1.29, 1.82) is 5.26 Å². The summed E-state index contributed by atoms with van der Waals surface area (Å²) >= 11 is 5.62. The average Bonchev–Trinajstić information content (AvgIpc) is 2.19. The molecule has 6 heteroatoms. The van der Waals surface area contributed by atoms with Gasteiger partial charge < -0.3 is 4.74 Å². The first-order chi connectivity index (χ1) is 7.19. The van der Waals surface area contributed by atoms with E-state index in [4.69, 9.17) is 21.6 Å². The largest absolute Gasteiger partial charge is 0.465 e. The number of ether oxygens (including phenoxy) is 1. The molecule has 0 bridgehead atoms. The third-order valence-electron chi connectivity index (χ3n) is 1.60. The molecule has 0 aliphatic heterocycles. The van der Waals surface area contributed by atoms with Crippen molar-refractivity contribution in [2.45, 2.75) is 12.8 Å². The minimum Gasteiger partial charge on any atom is -0.465 e. The number of nitrogens with zero attached hydrogens (tertiary/aromatic N) is 3. The molecule has 0 N–H and O–H groups in total. The normalized spacial score (nSPS) is 11.5. The first-order valence-corrected chi connectivity index (χ1v) is 4.60. The predicted octanol–water partition coefficient (Wildman–Crippen LogP) is 1.30. The highest BCUT2D eigenvalue weighted by Gasteiger charge is 2.23. The van der Waals surface area contributed by atoms with Crippen molar-refractivity contribution >= 4 is 17.6 Å². The van der Waals surface area contributed by atoms with E-state index in [9.17, 15) is 4.79 Å². The Balaban J connectivity index is 2.93. The van der Waals surface area contributed by atoms with Crippen molar-refractivity contribution in [3.63, 3.8) is 0 Å². The van der Waals surface area contributed by atoms with Crippen LogP contribution in [0.5, 0.6) is 0 Å². The van der Waals surface area contributed by atoms with Crippen molar-refractivity contribution in [2.24, 2.45) is 0 Å². The van der Waals surface area contributed by atoms with E-state index in [0.717, 1.165) is 0 Å². The van der Waals surface area contributed by atoms with Gasteiger partial charge in [0.25, 0.3) is 0 Å². The summed E-state index contributed by atoms with van der Waals surface area (Å²) in [5.41, 5.74) is 0.246. The maximum atomic E-state index is 11.3. The summed E-state index contributed by atoms with van der Waals surface area (Å²) in [7, 11) is 0. The molecule has 0 aliphatic rings. The summed E-state index contributed by atoms with van der Waals surface area (Å²) in [5, 5.41) is 9.00. The van der Waals surface area contributed by atoms with Crippen molar-refractivity contribution in [2.75, 3.05) is 6.61 Å². The van der Waals surface area contributed by atoms with E-state index >= 15 is 0 Å². The highest BCUT2D eigenvalue weighted by molar-refractivity contribution is 6.29. The van der Waals surface area contributed by atoms with Crippen LogP contribution < -0.4 is 0 Å². The summed E-state index contributed by atoms with van der Waals surface area (Å²) in [6.07, 6.45) is 1.20. The number of halogens is 1. The van der Waals surface area contributed by atoms with Crippen LogP contribution in [-0.2, 0) is 9.53 Å². The van der Waals surface area contributed by atoms with Crippen molar-refractivity contribution in [1.82, 2.24) is 9.97 Å². The Morgan fingerprint density at radius 3 is 3.00 bits per heavy atom. The Bertz CT molecular complexity index is 403. The highest BCUT2D eigenvalue weighted by atomic mass is 35.5. The van der Waals surface area contributed by atoms with E-state index in [2.05, 4.69) is 9.97 Å². The lowest BCUT2D eigenvalue weighted by atomic mass is 10.1. The number of nitriles is 1. The monoisotopic (exact) mass is 225 g/mol. The van der Waals surface area contributed by atoms with Crippen molar-refractivity contribution in [3.05, 3.63) is 23.2 Å². The van der Waals surface area contributed by atoms with Gasteiger partial charge in [-0.15, -0.1) is 0 Å². The van der Waals surface area contributed by atoms with E-state index in [0.29, 0.717) is 0 Å². The summed E-state index contributed by atoms with van der Waals surface area (Å²) < 4.78 is 4.72. The molecule has 0 aliphatic carbocycles.